The molecule has 1 rings (SSSR count). The first-order valence-electron chi connectivity index (χ1n) is 6.97. The molecule has 0 radical (unpaired) electrons. The number of likely N-dealkylation sites (N-methyl/N-ethyl adjacent to an activating group) is 1. The summed E-state index contributed by atoms with van der Waals surface area (Å²) in [5.41, 5.74) is 5.75. The van der Waals surface area contributed by atoms with Crippen LogP contribution in [0.4, 0.5) is 0 Å². The quantitative estimate of drug-likeness (QED) is 0.785. The Hall–Kier alpha value is -0.650. The molecule has 0 spiro atoms. The molecule has 0 saturated carbocycles. The minimum absolute atomic E-state index is 0.00842. The van der Waals surface area contributed by atoms with E-state index in [1.54, 1.807) is 0 Å². The minimum atomic E-state index is -0.480. The van der Waals surface area contributed by atoms with Crippen LogP contribution in [0.5, 0.6) is 0 Å². The number of nitrogens with one attached hydrogen (secondary N) is 1. The highest BCUT2D eigenvalue weighted by Crippen LogP contribution is 2.25. The molecule has 5 nitrogen and oxygen atoms in total. The Labute approximate surface area is 116 Å². The van der Waals surface area contributed by atoms with Crippen LogP contribution in [0.3, 0.4) is 0 Å². The third-order valence-corrected chi connectivity index (χ3v) is 4.18. The number of carbonyl (C=O) groups excluding carboxylic acids is 1. The molecule has 0 aromatic carbocycles. The van der Waals surface area contributed by atoms with Gasteiger partial charge in [0.05, 0.1) is 6.04 Å². The molecule has 0 unspecified atom stereocenters. The van der Waals surface area contributed by atoms with Crippen molar-refractivity contribution >= 4 is 5.91 Å². The van der Waals surface area contributed by atoms with Crippen LogP contribution in [-0.2, 0) is 9.53 Å². The van der Waals surface area contributed by atoms with Crippen LogP contribution in [0, 0.1) is 5.41 Å². The van der Waals surface area contributed by atoms with Crippen molar-refractivity contribution in [3.63, 3.8) is 0 Å². The second kappa shape index (κ2) is 6.20. The van der Waals surface area contributed by atoms with Gasteiger partial charge < -0.3 is 20.7 Å². The van der Waals surface area contributed by atoms with Gasteiger partial charge in [0.25, 0.3) is 0 Å². The van der Waals surface area contributed by atoms with Gasteiger partial charge in [0.1, 0.15) is 0 Å². The molecule has 5 heteroatoms. The van der Waals surface area contributed by atoms with Crippen molar-refractivity contribution in [3.05, 3.63) is 0 Å². The van der Waals surface area contributed by atoms with Crippen LogP contribution in [0.15, 0.2) is 0 Å². The lowest BCUT2D eigenvalue weighted by atomic mass is 9.85. The standard InChI is InChI=1S/C14H29N3O2/c1-13(2,3)11(15)12(18)16-10-14(17(4)5)6-8-19-9-7-14/h11H,6-10,15H2,1-5H3,(H,16,18)/t11-/m1/s1. The summed E-state index contributed by atoms with van der Waals surface area (Å²) in [4.78, 5) is 14.3. The summed E-state index contributed by atoms with van der Waals surface area (Å²) in [5.74, 6) is -0.0692. The first-order chi connectivity index (χ1) is 8.69. The molecular weight excluding hydrogens is 242 g/mol. The van der Waals surface area contributed by atoms with E-state index in [0.717, 1.165) is 26.1 Å². The normalized spacial score (nSPS) is 21.2. The van der Waals surface area contributed by atoms with Gasteiger partial charge in [-0.1, -0.05) is 20.8 Å². The third-order valence-electron chi connectivity index (χ3n) is 4.18. The van der Waals surface area contributed by atoms with E-state index in [9.17, 15) is 4.79 Å². The topological polar surface area (TPSA) is 67.6 Å². The molecule has 1 aliphatic rings. The summed E-state index contributed by atoms with van der Waals surface area (Å²) < 4.78 is 5.42. The van der Waals surface area contributed by atoms with E-state index < -0.39 is 6.04 Å². The molecule has 3 N–H and O–H groups in total. The first kappa shape index (κ1) is 16.4. The van der Waals surface area contributed by atoms with Crippen molar-refractivity contribution in [2.75, 3.05) is 33.9 Å². The average molecular weight is 271 g/mol. The summed E-state index contributed by atoms with van der Waals surface area (Å²) >= 11 is 0. The molecule has 0 aliphatic carbocycles. The maximum Gasteiger partial charge on any atom is 0.237 e. The average Bonchev–Trinajstić information content (AvgIpc) is 2.34. The predicted molar refractivity (Wildman–Crippen MR) is 76.9 cm³/mol. The fraction of sp³-hybridized carbons (Fsp3) is 0.929. The van der Waals surface area contributed by atoms with Crippen LogP contribution in [-0.4, -0.2) is 56.2 Å². The van der Waals surface area contributed by atoms with Crippen LogP contribution in [0.2, 0.25) is 0 Å². The minimum Gasteiger partial charge on any atom is -0.381 e. The molecule has 112 valence electrons. The van der Waals surface area contributed by atoms with Gasteiger partial charge in [-0.2, -0.15) is 0 Å². The molecular formula is C14H29N3O2. The monoisotopic (exact) mass is 271 g/mol. The fourth-order valence-corrected chi connectivity index (χ4v) is 2.29. The lowest BCUT2D eigenvalue weighted by Gasteiger charge is -2.43. The van der Waals surface area contributed by atoms with Crippen molar-refractivity contribution in [2.24, 2.45) is 11.1 Å². The summed E-state index contributed by atoms with van der Waals surface area (Å²) in [5, 5.41) is 3.02. The van der Waals surface area contributed by atoms with Crippen molar-refractivity contribution in [1.29, 1.82) is 0 Å². The lowest BCUT2D eigenvalue weighted by molar-refractivity contribution is -0.125. The highest BCUT2D eigenvalue weighted by Gasteiger charge is 2.36. The smallest absolute Gasteiger partial charge is 0.237 e. The summed E-state index contributed by atoms with van der Waals surface area (Å²) in [6.45, 7) is 8.07. The van der Waals surface area contributed by atoms with Gasteiger partial charge in [0.15, 0.2) is 0 Å². The molecule has 1 atom stereocenters. The van der Waals surface area contributed by atoms with E-state index in [1.165, 1.54) is 0 Å². The molecule has 1 aliphatic heterocycles. The predicted octanol–water partition coefficient (Wildman–Crippen LogP) is 0.587. The number of carbonyl (C=O) groups is 1. The van der Waals surface area contributed by atoms with Gasteiger partial charge in [-0.25, -0.2) is 0 Å². The van der Waals surface area contributed by atoms with E-state index in [-0.39, 0.29) is 16.9 Å². The van der Waals surface area contributed by atoms with Crippen LogP contribution >= 0.6 is 0 Å². The van der Waals surface area contributed by atoms with E-state index >= 15 is 0 Å². The van der Waals surface area contributed by atoms with Gasteiger partial charge in [-0.15, -0.1) is 0 Å². The Morgan fingerprint density at radius 3 is 2.32 bits per heavy atom. The Bertz CT molecular complexity index is 304. The number of hydrogen-bond acceptors (Lipinski definition) is 4. The van der Waals surface area contributed by atoms with Crippen LogP contribution < -0.4 is 11.1 Å². The first-order valence-corrected chi connectivity index (χ1v) is 6.97. The van der Waals surface area contributed by atoms with Gasteiger partial charge in [-0.3, -0.25) is 4.79 Å². The van der Waals surface area contributed by atoms with Gasteiger partial charge in [0, 0.05) is 25.3 Å². The molecule has 1 saturated heterocycles. The highest BCUT2D eigenvalue weighted by molar-refractivity contribution is 5.82. The van der Waals surface area contributed by atoms with Gasteiger partial charge in [0.2, 0.25) is 5.91 Å². The van der Waals surface area contributed by atoms with Crippen LogP contribution in [0.1, 0.15) is 33.6 Å². The zero-order valence-electron chi connectivity index (χ0n) is 13.0. The van der Waals surface area contributed by atoms with Crippen molar-refractivity contribution in [3.8, 4) is 0 Å². The summed E-state index contributed by atoms with van der Waals surface area (Å²) in [7, 11) is 4.11. The molecule has 0 aromatic heterocycles. The van der Waals surface area contributed by atoms with Crippen LogP contribution in [0.25, 0.3) is 0 Å². The maximum atomic E-state index is 12.1. The van der Waals surface area contributed by atoms with E-state index in [0.29, 0.717) is 6.54 Å². The Morgan fingerprint density at radius 1 is 1.37 bits per heavy atom. The number of amides is 1. The fourth-order valence-electron chi connectivity index (χ4n) is 2.29. The largest absolute Gasteiger partial charge is 0.381 e. The SMILES string of the molecule is CN(C)C1(CNC(=O)[C@@H](N)C(C)(C)C)CCOCC1. The van der Waals surface area contributed by atoms with Gasteiger partial charge in [-0.05, 0) is 32.4 Å². The Morgan fingerprint density at radius 2 is 1.89 bits per heavy atom. The summed E-state index contributed by atoms with van der Waals surface area (Å²) in [6, 6.07) is -0.480. The number of nitrogens with zero attached hydrogens (tertiary/aromatic N) is 1. The third kappa shape index (κ3) is 4.16. The molecule has 1 heterocycles. The molecule has 1 fully saturated rings. The van der Waals surface area contributed by atoms with Crippen molar-refractivity contribution < 1.29 is 9.53 Å². The Balaban J connectivity index is 2.60. The molecule has 0 bridgehead atoms. The van der Waals surface area contributed by atoms with E-state index in [2.05, 4.69) is 24.3 Å². The molecule has 1 amide bonds. The number of ether oxygens (including phenoxy) is 1. The zero-order valence-corrected chi connectivity index (χ0v) is 13.0. The van der Waals surface area contributed by atoms with E-state index in [4.69, 9.17) is 10.5 Å². The molecule has 0 aromatic rings. The highest BCUT2D eigenvalue weighted by atomic mass is 16.5. The number of rotatable bonds is 4. The van der Waals surface area contributed by atoms with Crippen molar-refractivity contribution in [1.82, 2.24) is 10.2 Å². The maximum absolute atomic E-state index is 12.1. The number of nitrogens with two attached hydrogens (primary N) is 1. The summed E-state index contributed by atoms with van der Waals surface area (Å²) in [6.07, 6.45) is 1.87. The second-order valence-corrected chi connectivity index (χ2v) is 6.79. The Kier molecular flexibility index (Phi) is 5.35. The second-order valence-electron chi connectivity index (χ2n) is 6.79. The van der Waals surface area contributed by atoms with Crippen molar-refractivity contribution in [2.45, 2.75) is 45.2 Å². The van der Waals surface area contributed by atoms with Gasteiger partial charge >= 0.3 is 0 Å². The van der Waals surface area contributed by atoms with E-state index in [1.807, 2.05) is 20.8 Å². The number of hydrogen-bond donors (Lipinski definition) is 2. The molecule has 19 heavy (non-hydrogen) atoms. The zero-order chi connectivity index (χ0) is 14.7. The lowest BCUT2D eigenvalue weighted by Crippen LogP contribution is -2.58.